The van der Waals surface area contributed by atoms with Crippen LogP contribution in [0, 0.1) is 0 Å². The topological polar surface area (TPSA) is 74.7 Å². The Balaban J connectivity index is 2.53. The lowest BCUT2D eigenvalue weighted by molar-refractivity contribution is -0.124. The van der Waals surface area contributed by atoms with Crippen LogP contribution in [0.4, 0.5) is 5.69 Å². The summed E-state index contributed by atoms with van der Waals surface area (Å²) in [6, 6.07) is 2.32. The Labute approximate surface area is 122 Å². The van der Waals surface area contributed by atoms with Gasteiger partial charge in [0.15, 0.2) is 0 Å². The molecule has 1 aromatic rings. The fourth-order valence-electron chi connectivity index (χ4n) is 1.65. The van der Waals surface area contributed by atoms with Crippen molar-refractivity contribution in [2.45, 2.75) is 0 Å². The maximum atomic E-state index is 11.8. The zero-order valence-electron chi connectivity index (χ0n) is 9.35. The summed E-state index contributed by atoms with van der Waals surface area (Å²) in [5.74, 6) is -1.73. The van der Waals surface area contributed by atoms with Gasteiger partial charge in [0.2, 0.25) is 11.8 Å². The minimum Gasteiger partial charge on any atom is -0.478 e. The number of carbonyl (C=O) groups is 3. The van der Waals surface area contributed by atoms with Crippen molar-refractivity contribution in [2.24, 2.45) is 0 Å². The Morgan fingerprint density at radius 3 is 2.05 bits per heavy atom. The lowest BCUT2D eigenvalue weighted by Gasteiger charge is -2.26. The highest BCUT2D eigenvalue weighted by molar-refractivity contribution is 8.00. The van der Waals surface area contributed by atoms with E-state index in [4.69, 9.17) is 28.3 Å². The average molecular weight is 320 g/mol. The number of anilines is 1. The lowest BCUT2D eigenvalue weighted by atomic mass is 10.2. The van der Waals surface area contributed by atoms with E-state index in [0.29, 0.717) is 0 Å². The number of carbonyl (C=O) groups excluding carboxylic acids is 2. The summed E-state index contributed by atoms with van der Waals surface area (Å²) < 4.78 is 0. The third-order valence-corrected chi connectivity index (χ3v) is 3.92. The van der Waals surface area contributed by atoms with Crippen molar-refractivity contribution in [3.05, 3.63) is 27.7 Å². The summed E-state index contributed by atoms with van der Waals surface area (Å²) in [5, 5.41) is 8.78. The van der Waals surface area contributed by atoms with Crippen LogP contribution in [0.2, 0.25) is 10.0 Å². The molecule has 1 saturated heterocycles. The number of benzene rings is 1. The van der Waals surface area contributed by atoms with Crippen molar-refractivity contribution < 1.29 is 19.5 Å². The number of halogens is 2. The van der Waals surface area contributed by atoms with E-state index in [2.05, 4.69) is 0 Å². The van der Waals surface area contributed by atoms with Crippen molar-refractivity contribution in [1.29, 1.82) is 0 Å². The molecule has 0 atom stereocenters. The van der Waals surface area contributed by atoms with E-state index in [9.17, 15) is 14.4 Å². The molecule has 8 heteroatoms. The Hall–Kier alpha value is -1.24. The van der Waals surface area contributed by atoms with Crippen LogP contribution in [0.15, 0.2) is 12.1 Å². The summed E-state index contributed by atoms with van der Waals surface area (Å²) >= 11 is 13.1. The van der Waals surface area contributed by atoms with Crippen molar-refractivity contribution >= 4 is 58.4 Å². The second-order valence-corrected chi connectivity index (χ2v) is 5.51. The van der Waals surface area contributed by atoms with Crippen LogP contribution in [0.25, 0.3) is 0 Å². The SMILES string of the molecule is O=C(O)c1cc(Cl)c(N2C(=O)CSCC2=O)c(Cl)c1. The number of amides is 2. The van der Waals surface area contributed by atoms with Gasteiger partial charge in [0, 0.05) is 0 Å². The monoisotopic (exact) mass is 319 g/mol. The van der Waals surface area contributed by atoms with E-state index in [-0.39, 0.29) is 32.8 Å². The fraction of sp³-hybridized carbons (Fsp3) is 0.182. The first kappa shape index (κ1) is 14.2. The summed E-state index contributed by atoms with van der Waals surface area (Å²) in [7, 11) is 0. The maximum absolute atomic E-state index is 11.8. The van der Waals surface area contributed by atoms with E-state index in [0.717, 1.165) is 17.0 Å². The summed E-state index contributed by atoms with van der Waals surface area (Å²) in [5.41, 5.74) is -0.0614. The molecular weight excluding hydrogens is 313 g/mol. The van der Waals surface area contributed by atoms with Crippen molar-refractivity contribution in [3.8, 4) is 0 Å². The van der Waals surface area contributed by atoms with Gasteiger partial charge in [-0.25, -0.2) is 9.69 Å². The fourth-order valence-corrected chi connectivity index (χ4v) is 3.01. The first-order chi connectivity index (χ1) is 8.91. The average Bonchev–Trinajstić information content (AvgIpc) is 2.31. The third-order valence-electron chi connectivity index (χ3n) is 2.44. The van der Waals surface area contributed by atoms with Gasteiger partial charge in [-0.1, -0.05) is 23.2 Å². The van der Waals surface area contributed by atoms with Gasteiger partial charge < -0.3 is 5.11 Å². The number of nitrogens with zero attached hydrogens (tertiary/aromatic N) is 1. The summed E-state index contributed by atoms with van der Waals surface area (Å²) in [6.45, 7) is 0. The molecule has 2 rings (SSSR count). The molecule has 0 aromatic heterocycles. The normalized spacial score (nSPS) is 15.8. The molecule has 19 heavy (non-hydrogen) atoms. The molecule has 0 radical (unpaired) electrons. The third kappa shape index (κ3) is 2.70. The number of thioether (sulfide) groups is 1. The molecule has 2 amide bonds. The number of aromatic carboxylic acids is 1. The van der Waals surface area contributed by atoms with Crippen molar-refractivity contribution in [3.63, 3.8) is 0 Å². The predicted molar refractivity (Wildman–Crippen MR) is 73.2 cm³/mol. The van der Waals surface area contributed by atoms with Gasteiger partial charge in [-0.15, -0.1) is 11.8 Å². The molecule has 0 unspecified atom stereocenters. The highest BCUT2D eigenvalue weighted by atomic mass is 35.5. The Kier molecular flexibility index (Phi) is 4.03. The molecule has 0 saturated carbocycles. The van der Waals surface area contributed by atoms with Crippen molar-refractivity contribution in [2.75, 3.05) is 16.4 Å². The van der Waals surface area contributed by atoms with Gasteiger partial charge in [-0.3, -0.25) is 9.59 Å². The highest BCUT2D eigenvalue weighted by Gasteiger charge is 2.31. The van der Waals surface area contributed by atoms with Crippen LogP contribution < -0.4 is 4.90 Å². The highest BCUT2D eigenvalue weighted by Crippen LogP contribution is 2.37. The quantitative estimate of drug-likeness (QED) is 0.846. The smallest absolute Gasteiger partial charge is 0.335 e. The molecule has 0 aliphatic carbocycles. The molecule has 5 nitrogen and oxygen atoms in total. The van der Waals surface area contributed by atoms with Gasteiger partial charge in [-0.2, -0.15) is 0 Å². The predicted octanol–water partition coefficient (Wildman–Crippen LogP) is 2.30. The number of carboxylic acids is 1. The van der Waals surface area contributed by atoms with Crippen LogP contribution in [0.3, 0.4) is 0 Å². The van der Waals surface area contributed by atoms with Gasteiger partial charge in [-0.05, 0) is 12.1 Å². The molecule has 1 aliphatic heterocycles. The zero-order chi connectivity index (χ0) is 14.2. The minimum absolute atomic E-state index is 0.0431. The molecule has 0 bridgehead atoms. The molecular formula is C11H7Cl2NO4S. The Morgan fingerprint density at radius 2 is 1.63 bits per heavy atom. The maximum Gasteiger partial charge on any atom is 0.335 e. The van der Waals surface area contributed by atoms with E-state index in [1.165, 1.54) is 11.8 Å². The second kappa shape index (κ2) is 5.40. The van der Waals surface area contributed by atoms with Crippen molar-refractivity contribution in [1.82, 2.24) is 0 Å². The summed E-state index contributed by atoms with van der Waals surface area (Å²) in [6.07, 6.45) is 0. The number of rotatable bonds is 2. The second-order valence-electron chi connectivity index (χ2n) is 3.71. The van der Waals surface area contributed by atoms with E-state index in [1.807, 2.05) is 0 Å². The first-order valence-corrected chi connectivity index (χ1v) is 6.98. The largest absolute Gasteiger partial charge is 0.478 e. The molecule has 1 heterocycles. The Bertz CT molecular complexity index is 551. The van der Waals surface area contributed by atoms with E-state index in [1.54, 1.807) is 0 Å². The van der Waals surface area contributed by atoms with Crippen LogP contribution in [0.5, 0.6) is 0 Å². The number of carboxylic acid groups (broad SMARTS) is 1. The van der Waals surface area contributed by atoms with Gasteiger partial charge >= 0.3 is 5.97 Å². The molecule has 1 aliphatic rings. The standard InChI is InChI=1S/C11H7Cl2NO4S/c12-6-1-5(11(17)18)2-7(13)10(6)14-8(15)3-19-4-9(14)16/h1-2H,3-4H2,(H,17,18). The minimum atomic E-state index is -1.19. The lowest BCUT2D eigenvalue weighted by Crippen LogP contribution is -2.43. The first-order valence-electron chi connectivity index (χ1n) is 5.07. The Morgan fingerprint density at radius 1 is 1.16 bits per heavy atom. The molecule has 0 spiro atoms. The molecule has 1 aromatic carbocycles. The van der Waals surface area contributed by atoms with Crippen LogP contribution in [-0.4, -0.2) is 34.4 Å². The molecule has 1 N–H and O–H groups in total. The van der Waals surface area contributed by atoms with Crippen LogP contribution in [0.1, 0.15) is 10.4 Å². The number of hydrogen-bond donors (Lipinski definition) is 1. The summed E-state index contributed by atoms with van der Waals surface area (Å²) in [4.78, 5) is 35.3. The zero-order valence-corrected chi connectivity index (χ0v) is 11.7. The molecule has 100 valence electrons. The van der Waals surface area contributed by atoms with Gasteiger partial charge in [0.1, 0.15) is 0 Å². The van der Waals surface area contributed by atoms with Crippen LogP contribution >= 0.6 is 35.0 Å². The number of hydrogen-bond acceptors (Lipinski definition) is 4. The van der Waals surface area contributed by atoms with Crippen LogP contribution in [-0.2, 0) is 9.59 Å². The number of imide groups is 1. The van der Waals surface area contributed by atoms with E-state index < -0.39 is 17.8 Å². The molecule has 1 fully saturated rings. The van der Waals surface area contributed by atoms with Gasteiger partial charge in [0.05, 0.1) is 32.8 Å². The van der Waals surface area contributed by atoms with Gasteiger partial charge in [0.25, 0.3) is 0 Å². The van der Waals surface area contributed by atoms with E-state index >= 15 is 0 Å².